The number of fused-ring (bicyclic) bond motifs is 1. The fourth-order valence-corrected chi connectivity index (χ4v) is 4.02. The number of nitrogens with zero attached hydrogens (tertiary/aromatic N) is 1. The van der Waals surface area contributed by atoms with E-state index in [9.17, 15) is 0 Å². The summed E-state index contributed by atoms with van der Waals surface area (Å²) in [5, 5.41) is 3.50. The summed E-state index contributed by atoms with van der Waals surface area (Å²) in [4.78, 5) is 7.23. The highest BCUT2D eigenvalue weighted by Gasteiger charge is 2.20. The Labute approximate surface area is 123 Å². The van der Waals surface area contributed by atoms with Gasteiger partial charge in [-0.15, -0.1) is 11.3 Å². The second kappa shape index (κ2) is 5.34. The molecule has 20 heavy (non-hydrogen) atoms. The lowest BCUT2D eigenvalue weighted by molar-refractivity contribution is 0.495. The van der Waals surface area contributed by atoms with Crippen LogP contribution in [0.15, 0.2) is 16.7 Å². The third kappa shape index (κ3) is 2.67. The first kappa shape index (κ1) is 12.6. The molecule has 0 amide bonds. The number of hydrogen-bond donors (Lipinski definition) is 1. The molecular formula is C16H20N2OS. The molecule has 2 aromatic rings. The minimum atomic E-state index is 0.758. The van der Waals surface area contributed by atoms with Crippen molar-refractivity contribution in [3.8, 4) is 10.6 Å². The van der Waals surface area contributed by atoms with Crippen molar-refractivity contribution in [2.24, 2.45) is 0 Å². The van der Waals surface area contributed by atoms with Gasteiger partial charge in [0.1, 0.15) is 0 Å². The van der Waals surface area contributed by atoms with Crippen molar-refractivity contribution >= 4 is 11.3 Å². The van der Waals surface area contributed by atoms with Crippen LogP contribution in [0.3, 0.4) is 0 Å². The summed E-state index contributed by atoms with van der Waals surface area (Å²) in [5.74, 6) is 1.81. The van der Waals surface area contributed by atoms with Gasteiger partial charge in [-0.3, -0.25) is 0 Å². The molecule has 0 aliphatic heterocycles. The molecule has 0 radical (unpaired) electrons. The molecule has 1 N–H and O–H groups in total. The Balaban J connectivity index is 1.44. The maximum absolute atomic E-state index is 5.91. The number of hydrogen-bond acceptors (Lipinski definition) is 4. The molecule has 0 atom stereocenters. The van der Waals surface area contributed by atoms with Crippen LogP contribution in [0.4, 0.5) is 0 Å². The Kier molecular flexibility index (Phi) is 3.36. The van der Waals surface area contributed by atoms with Gasteiger partial charge >= 0.3 is 0 Å². The van der Waals surface area contributed by atoms with Crippen LogP contribution in [-0.2, 0) is 19.3 Å². The molecule has 2 aliphatic carbocycles. The van der Waals surface area contributed by atoms with Gasteiger partial charge in [-0.25, -0.2) is 4.98 Å². The molecule has 0 bridgehead atoms. The van der Waals surface area contributed by atoms with Crippen LogP contribution >= 0.6 is 11.3 Å². The van der Waals surface area contributed by atoms with E-state index in [1.54, 1.807) is 4.88 Å². The molecule has 1 fully saturated rings. The van der Waals surface area contributed by atoms with Gasteiger partial charge in [-0.05, 0) is 50.2 Å². The van der Waals surface area contributed by atoms with Gasteiger partial charge in [-0.1, -0.05) is 0 Å². The van der Waals surface area contributed by atoms with Crippen molar-refractivity contribution in [2.45, 2.75) is 51.0 Å². The molecule has 0 aromatic carbocycles. The molecule has 1 saturated carbocycles. The summed E-state index contributed by atoms with van der Waals surface area (Å²) in [7, 11) is 0. The van der Waals surface area contributed by atoms with E-state index in [1.807, 2.05) is 17.5 Å². The molecule has 2 aromatic heterocycles. The number of aromatic nitrogens is 1. The van der Waals surface area contributed by atoms with Crippen molar-refractivity contribution < 1.29 is 4.42 Å². The summed E-state index contributed by atoms with van der Waals surface area (Å²) < 4.78 is 5.91. The third-order valence-corrected chi connectivity index (χ3v) is 5.39. The molecule has 2 heterocycles. The molecule has 0 unspecified atom stereocenters. The summed E-state index contributed by atoms with van der Waals surface area (Å²) in [6.45, 7) is 0.978. The average molecular weight is 288 g/mol. The molecule has 2 aliphatic rings. The Morgan fingerprint density at radius 3 is 3.05 bits per heavy atom. The lowest BCUT2D eigenvalue weighted by Crippen LogP contribution is -2.19. The Hall–Kier alpha value is -1.13. The molecule has 0 saturated heterocycles. The van der Waals surface area contributed by atoms with Gasteiger partial charge in [0, 0.05) is 23.9 Å². The monoisotopic (exact) mass is 288 g/mol. The summed E-state index contributed by atoms with van der Waals surface area (Å²) in [6, 6.07) is 3.07. The minimum absolute atomic E-state index is 0.758. The average Bonchev–Trinajstić information content (AvgIpc) is 3.01. The van der Waals surface area contributed by atoms with Crippen molar-refractivity contribution in [3.05, 3.63) is 28.6 Å². The highest BCUT2D eigenvalue weighted by Crippen LogP contribution is 2.35. The zero-order valence-electron chi connectivity index (χ0n) is 11.7. The van der Waals surface area contributed by atoms with E-state index < -0.39 is 0 Å². The van der Waals surface area contributed by atoms with Crippen molar-refractivity contribution in [3.63, 3.8) is 0 Å². The second-order valence-electron chi connectivity index (χ2n) is 5.86. The fourth-order valence-electron chi connectivity index (χ4n) is 2.82. The van der Waals surface area contributed by atoms with E-state index in [0.717, 1.165) is 30.7 Å². The highest BCUT2D eigenvalue weighted by molar-refractivity contribution is 7.15. The number of aryl methyl sites for hydroxylation is 2. The number of rotatable bonds is 5. The maximum Gasteiger partial charge on any atom is 0.196 e. The van der Waals surface area contributed by atoms with Gasteiger partial charge in [0.2, 0.25) is 0 Å². The summed E-state index contributed by atoms with van der Waals surface area (Å²) in [5.41, 5.74) is 1.53. The number of nitrogens with one attached hydrogen (secondary N) is 1. The molecule has 4 rings (SSSR count). The van der Waals surface area contributed by atoms with E-state index in [4.69, 9.17) is 4.42 Å². The third-order valence-electron chi connectivity index (χ3n) is 4.14. The summed E-state index contributed by atoms with van der Waals surface area (Å²) >= 11 is 1.89. The van der Waals surface area contributed by atoms with E-state index in [-0.39, 0.29) is 0 Å². The quantitative estimate of drug-likeness (QED) is 0.914. The van der Waals surface area contributed by atoms with Crippen LogP contribution in [0.1, 0.15) is 42.0 Å². The summed E-state index contributed by atoms with van der Waals surface area (Å²) in [6.07, 6.45) is 10.6. The second-order valence-corrected chi connectivity index (χ2v) is 7.00. The number of oxazole rings is 1. The van der Waals surface area contributed by atoms with Crippen LogP contribution in [0, 0.1) is 0 Å². The van der Waals surface area contributed by atoms with Crippen molar-refractivity contribution in [1.82, 2.24) is 10.3 Å². The SMILES string of the molecule is c1nc(CCNC2CC2)oc1-c1cc2c(s1)CCCC2. The van der Waals surface area contributed by atoms with Crippen LogP contribution in [0.2, 0.25) is 0 Å². The van der Waals surface area contributed by atoms with E-state index in [2.05, 4.69) is 16.4 Å². The Bertz CT molecular complexity index is 574. The van der Waals surface area contributed by atoms with Crippen LogP contribution < -0.4 is 5.32 Å². The normalized spacial score (nSPS) is 18.2. The van der Waals surface area contributed by atoms with Crippen LogP contribution in [0.25, 0.3) is 10.6 Å². The largest absolute Gasteiger partial charge is 0.440 e. The van der Waals surface area contributed by atoms with Gasteiger partial charge in [0.05, 0.1) is 11.1 Å². The first-order valence-electron chi connectivity index (χ1n) is 7.68. The predicted molar refractivity (Wildman–Crippen MR) is 81.2 cm³/mol. The van der Waals surface area contributed by atoms with Gasteiger partial charge in [0.15, 0.2) is 11.7 Å². The molecule has 106 valence electrons. The zero-order valence-corrected chi connectivity index (χ0v) is 12.5. The van der Waals surface area contributed by atoms with Crippen molar-refractivity contribution in [2.75, 3.05) is 6.54 Å². The Morgan fingerprint density at radius 1 is 1.30 bits per heavy atom. The zero-order chi connectivity index (χ0) is 13.4. The van der Waals surface area contributed by atoms with E-state index in [1.165, 1.54) is 49.0 Å². The molecular weight excluding hydrogens is 268 g/mol. The lowest BCUT2D eigenvalue weighted by Gasteiger charge is -2.08. The predicted octanol–water partition coefficient (Wildman–Crippen LogP) is 3.58. The number of thiophene rings is 1. The molecule has 0 spiro atoms. The topological polar surface area (TPSA) is 38.1 Å². The van der Waals surface area contributed by atoms with Crippen LogP contribution in [0.5, 0.6) is 0 Å². The van der Waals surface area contributed by atoms with Gasteiger partial charge in [0.25, 0.3) is 0 Å². The lowest BCUT2D eigenvalue weighted by atomic mass is 9.99. The first-order valence-corrected chi connectivity index (χ1v) is 8.50. The first-order chi connectivity index (χ1) is 9.88. The minimum Gasteiger partial charge on any atom is -0.440 e. The Morgan fingerprint density at radius 2 is 2.20 bits per heavy atom. The molecule has 4 heteroatoms. The standard InChI is InChI=1S/C16H20N2OS/c1-2-4-14-11(3-1)9-15(20-14)13-10-18-16(19-13)7-8-17-12-5-6-12/h9-10,12,17H,1-8H2. The fraction of sp³-hybridized carbons (Fsp3) is 0.562. The van der Waals surface area contributed by atoms with E-state index in [0.29, 0.717) is 0 Å². The smallest absolute Gasteiger partial charge is 0.196 e. The van der Waals surface area contributed by atoms with Crippen molar-refractivity contribution in [1.29, 1.82) is 0 Å². The highest BCUT2D eigenvalue weighted by atomic mass is 32.1. The van der Waals surface area contributed by atoms with Gasteiger partial charge in [-0.2, -0.15) is 0 Å². The van der Waals surface area contributed by atoms with Crippen LogP contribution in [-0.4, -0.2) is 17.6 Å². The molecule has 3 nitrogen and oxygen atoms in total. The van der Waals surface area contributed by atoms with Gasteiger partial charge < -0.3 is 9.73 Å². The maximum atomic E-state index is 5.91. The van der Waals surface area contributed by atoms with E-state index >= 15 is 0 Å².